The number of urea groups is 1. The lowest BCUT2D eigenvalue weighted by molar-refractivity contribution is 0.0940. The van der Waals surface area contributed by atoms with Crippen molar-refractivity contribution in [1.29, 1.82) is 0 Å². The van der Waals surface area contributed by atoms with Gasteiger partial charge in [-0.2, -0.15) is 5.10 Å². The van der Waals surface area contributed by atoms with Gasteiger partial charge in [-0.3, -0.25) is 4.68 Å². The van der Waals surface area contributed by atoms with E-state index >= 15 is 0 Å². The molecule has 1 atom stereocenters. The molecule has 2 aromatic rings. The number of nitrogens with zero attached hydrogens (tertiary/aromatic N) is 3. The summed E-state index contributed by atoms with van der Waals surface area (Å²) in [7, 11) is 0. The van der Waals surface area contributed by atoms with Crippen LogP contribution >= 0.6 is 0 Å². The number of anilines is 1. The highest BCUT2D eigenvalue weighted by atomic mass is 16.5. The Kier molecular flexibility index (Phi) is 6.06. The van der Waals surface area contributed by atoms with Gasteiger partial charge >= 0.3 is 6.03 Å². The smallest absolute Gasteiger partial charge is 0.319 e. The van der Waals surface area contributed by atoms with Crippen LogP contribution in [0.5, 0.6) is 5.88 Å². The summed E-state index contributed by atoms with van der Waals surface area (Å²) in [5, 5.41) is 9.83. The van der Waals surface area contributed by atoms with Gasteiger partial charge in [0.2, 0.25) is 5.88 Å². The number of amides is 2. The minimum Gasteiger partial charge on any atom is -0.475 e. The number of hydrogen-bond donors (Lipinski definition) is 2. The minimum atomic E-state index is -0.288. The molecule has 0 saturated carbocycles. The van der Waals surface area contributed by atoms with E-state index in [-0.39, 0.29) is 18.2 Å². The van der Waals surface area contributed by atoms with Crippen molar-refractivity contribution in [2.24, 2.45) is 0 Å². The third-order valence-electron chi connectivity index (χ3n) is 3.91. The number of pyridine rings is 1. The van der Waals surface area contributed by atoms with Gasteiger partial charge < -0.3 is 20.1 Å². The zero-order chi connectivity index (χ0) is 18.4. The van der Waals surface area contributed by atoms with Crippen LogP contribution in [0.4, 0.5) is 10.5 Å². The Balaban J connectivity index is 1.43. The van der Waals surface area contributed by atoms with Crippen molar-refractivity contribution in [3.05, 3.63) is 36.3 Å². The van der Waals surface area contributed by atoms with E-state index in [1.165, 1.54) is 0 Å². The summed E-state index contributed by atoms with van der Waals surface area (Å²) in [4.78, 5) is 16.2. The number of aromatic nitrogens is 3. The van der Waals surface area contributed by atoms with Gasteiger partial charge in [0.15, 0.2) is 0 Å². The normalized spacial score (nSPS) is 16.7. The molecule has 0 spiro atoms. The molecule has 2 N–H and O–H groups in total. The van der Waals surface area contributed by atoms with Crippen molar-refractivity contribution in [1.82, 2.24) is 20.1 Å². The molecule has 0 aliphatic carbocycles. The van der Waals surface area contributed by atoms with Gasteiger partial charge in [-0.25, -0.2) is 9.78 Å². The van der Waals surface area contributed by atoms with Gasteiger partial charge in [0.25, 0.3) is 0 Å². The van der Waals surface area contributed by atoms with E-state index in [1.807, 2.05) is 19.9 Å². The Morgan fingerprint density at radius 2 is 2.31 bits per heavy atom. The van der Waals surface area contributed by atoms with Crippen LogP contribution in [0.15, 0.2) is 30.7 Å². The summed E-state index contributed by atoms with van der Waals surface area (Å²) in [6.07, 6.45) is 7.58. The standard InChI is InChI=1S/C18H25N5O3/c1-13(2)26-17-6-5-14(8-19-17)9-20-18(24)22-15-10-21-23(11-15)12-16-4-3-7-25-16/h5-6,8,10-11,13,16H,3-4,7,9,12H2,1-2H3,(H2,20,22,24). The molecule has 3 heterocycles. The molecule has 1 unspecified atom stereocenters. The second-order valence-electron chi connectivity index (χ2n) is 6.57. The monoisotopic (exact) mass is 359 g/mol. The Morgan fingerprint density at radius 3 is 3.00 bits per heavy atom. The first-order chi connectivity index (χ1) is 12.6. The third kappa shape index (κ3) is 5.45. The average molecular weight is 359 g/mol. The molecule has 140 valence electrons. The highest BCUT2D eigenvalue weighted by Gasteiger charge is 2.16. The number of carbonyl (C=O) groups excluding carboxylic acids is 1. The molecular weight excluding hydrogens is 334 g/mol. The van der Waals surface area contributed by atoms with Crippen molar-refractivity contribution in [2.75, 3.05) is 11.9 Å². The van der Waals surface area contributed by atoms with Crippen molar-refractivity contribution in [3.8, 4) is 5.88 Å². The first-order valence-corrected chi connectivity index (χ1v) is 8.89. The molecule has 8 nitrogen and oxygen atoms in total. The molecule has 0 radical (unpaired) electrons. The van der Waals surface area contributed by atoms with E-state index in [2.05, 4.69) is 20.7 Å². The highest BCUT2D eigenvalue weighted by Crippen LogP contribution is 2.15. The molecule has 2 aromatic heterocycles. The lowest BCUT2D eigenvalue weighted by atomic mass is 10.2. The fourth-order valence-corrected chi connectivity index (χ4v) is 2.71. The number of hydrogen-bond acceptors (Lipinski definition) is 5. The fourth-order valence-electron chi connectivity index (χ4n) is 2.71. The molecule has 1 aliphatic rings. The third-order valence-corrected chi connectivity index (χ3v) is 3.91. The molecule has 1 aliphatic heterocycles. The molecule has 1 fully saturated rings. The zero-order valence-corrected chi connectivity index (χ0v) is 15.1. The van der Waals surface area contributed by atoms with E-state index in [4.69, 9.17) is 9.47 Å². The predicted molar refractivity (Wildman–Crippen MR) is 97.1 cm³/mol. The summed E-state index contributed by atoms with van der Waals surface area (Å²) < 4.78 is 12.9. The van der Waals surface area contributed by atoms with Gasteiger partial charge in [0.05, 0.1) is 30.6 Å². The predicted octanol–water partition coefficient (Wildman–Crippen LogP) is 2.57. The van der Waals surface area contributed by atoms with Crippen LogP contribution in [0.3, 0.4) is 0 Å². The molecule has 3 rings (SSSR count). The molecule has 0 bridgehead atoms. The van der Waals surface area contributed by atoms with Gasteiger partial charge in [-0.05, 0) is 32.3 Å². The van der Waals surface area contributed by atoms with E-state index in [9.17, 15) is 4.79 Å². The molecule has 8 heteroatoms. The summed E-state index contributed by atoms with van der Waals surface area (Å²) in [5.41, 5.74) is 1.55. The second kappa shape index (κ2) is 8.66. The maximum absolute atomic E-state index is 12.0. The van der Waals surface area contributed by atoms with Gasteiger partial charge in [-0.15, -0.1) is 0 Å². The van der Waals surface area contributed by atoms with Crippen molar-refractivity contribution in [3.63, 3.8) is 0 Å². The van der Waals surface area contributed by atoms with Crippen molar-refractivity contribution in [2.45, 2.75) is 52.0 Å². The van der Waals surface area contributed by atoms with Crippen molar-refractivity contribution >= 4 is 11.7 Å². The van der Waals surface area contributed by atoms with Crippen LogP contribution < -0.4 is 15.4 Å². The Morgan fingerprint density at radius 1 is 1.42 bits per heavy atom. The quantitative estimate of drug-likeness (QED) is 0.793. The summed E-state index contributed by atoms with van der Waals surface area (Å²) in [5.74, 6) is 0.576. The van der Waals surface area contributed by atoms with Crippen molar-refractivity contribution < 1.29 is 14.3 Å². The average Bonchev–Trinajstić information content (AvgIpc) is 3.26. The first kappa shape index (κ1) is 18.2. The van der Waals surface area contributed by atoms with Crippen LogP contribution in [0, 0.1) is 0 Å². The molecule has 0 aromatic carbocycles. The first-order valence-electron chi connectivity index (χ1n) is 8.89. The van der Waals surface area contributed by atoms with Crippen LogP contribution in [-0.2, 0) is 17.8 Å². The molecule has 2 amide bonds. The Hall–Kier alpha value is -2.61. The van der Waals surface area contributed by atoms with Crippen LogP contribution in [0.1, 0.15) is 32.3 Å². The van der Waals surface area contributed by atoms with Crippen LogP contribution in [0.2, 0.25) is 0 Å². The summed E-state index contributed by atoms with van der Waals surface area (Å²) in [6.45, 7) is 5.80. The molecule has 1 saturated heterocycles. The second-order valence-corrected chi connectivity index (χ2v) is 6.57. The van der Waals surface area contributed by atoms with E-state index in [0.717, 1.165) is 25.0 Å². The number of nitrogens with one attached hydrogen (secondary N) is 2. The van der Waals surface area contributed by atoms with Gasteiger partial charge in [0, 0.05) is 31.6 Å². The van der Waals surface area contributed by atoms with Crippen LogP contribution in [0.25, 0.3) is 0 Å². The topological polar surface area (TPSA) is 90.3 Å². The highest BCUT2D eigenvalue weighted by molar-refractivity contribution is 5.88. The zero-order valence-electron chi connectivity index (χ0n) is 15.1. The van der Waals surface area contributed by atoms with Gasteiger partial charge in [-0.1, -0.05) is 6.07 Å². The SMILES string of the molecule is CC(C)Oc1ccc(CNC(=O)Nc2cnn(CC3CCCO3)c2)cn1. The van der Waals surface area contributed by atoms with Gasteiger partial charge in [0.1, 0.15) is 0 Å². The van der Waals surface area contributed by atoms with Crippen LogP contribution in [-0.4, -0.2) is 39.6 Å². The van der Waals surface area contributed by atoms with E-state index < -0.39 is 0 Å². The van der Waals surface area contributed by atoms with E-state index in [0.29, 0.717) is 24.7 Å². The number of carbonyl (C=O) groups is 1. The minimum absolute atomic E-state index is 0.0819. The molecular formula is C18H25N5O3. The maximum Gasteiger partial charge on any atom is 0.319 e. The lowest BCUT2D eigenvalue weighted by Gasteiger charge is -2.10. The number of rotatable bonds is 7. The largest absolute Gasteiger partial charge is 0.475 e. The number of ether oxygens (including phenoxy) is 2. The lowest BCUT2D eigenvalue weighted by Crippen LogP contribution is -2.28. The summed E-state index contributed by atoms with van der Waals surface area (Å²) >= 11 is 0. The Bertz CT molecular complexity index is 708. The Labute approximate surface area is 152 Å². The fraction of sp³-hybridized carbons (Fsp3) is 0.500. The maximum atomic E-state index is 12.0. The molecule has 26 heavy (non-hydrogen) atoms. The summed E-state index contributed by atoms with van der Waals surface area (Å²) in [6, 6.07) is 3.39. The van der Waals surface area contributed by atoms with E-state index in [1.54, 1.807) is 29.3 Å².